The molecule has 5 N–H and O–H groups in total. The van der Waals surface area contributed by atoms with Crippen molar-refractivity contribution in [2.75, 3.05) is 11.8 Å². The maximum Gasteiger partial charge on any atom is 0.526 e. The van der Waals surface area contributed by atoms with Crippen molar-refractivity contribution in [1.82, 2.24) is 19.3 Å². The zero-order valence-corrected chi connectivity index (χ0v) is 13.7. The average Bonchev–Trinajstić information content (AvgIpc) is 3.07. The summed E-state index contributed by atoms with van der Waals surface area (Å²) < 4.78 is 33.1. The molecule has 2 fully saturated rings. The summed E-state index contributed by atoms with van der Waals surface area (Å²) in [5, 5.41) is 40.6. The fourth-order valence-electron chi connectivity index (χ4n) is 3.15. The molecule has 16 nitrogen and oxygen atoms in total. The summed E-state index contributed by atoms with van der Waals surface area (Å²) in [6.45, 7) is -0.822. The molecule has 6 heterocycles. The van der Waals surface area contributed by atoms with Gasteiger partial charge in [0.05, 0.1) is 6.61 Å². The van der Waals surface area contributed by atoms with Crippen LogP contribution in [-0.2, 0) is 29.0 Å². The molecule has 0 saturated carbocycles. The summed E-state index contributed by atoms with van der Waals surface area (Å²) in [4.78, 5) is 30.2. The SMILES string of the molecule is O=c1nc2n(O)c3c1[nH]c(=O)n3C1(OC(CO)C(O)C1O)OP1(=O)ON2O1. The minimum absolute atomic E-state index is 0.170. The predicted molar refractivity (Wildman–Crippen MR) is 77.1 cm³/mol. The van der Waals surface area contributed by atoms with Crippen molar-refractivity contribution < 1.29 is 43.6 Å². The molecule has 2 aromatic rings. The number of nitrogens with one attached hydrogen (secondary N) is 1. The van der Waals surface area contributed by atoms with E-state index in [1.807, 2.05) is 0 Å². The second-order valence-corrected chi connectivity index (χ2v) is 7.26. The van der Waals surface area contributed by atoms with Gasteiger partial charge in [-0.05, 0) is 0 Å². The van der Waals surface area contributed by atoms with Crippen LogP contribution < -0.4 is 16.5 Å². The summed E-state index contributed by atoms with van der Waals surface area (Å²) in [7, 11) is -4.54. The lowest BCUT2D eigenvalue weighted by molar-refractivity contribution is -0.288. The van der Waals surface area contributed by atoms with E-state index in [0.717, 1.165) is 0 Å². The van der Waals surface area contributed by atoms with Crippen molar-refractivity contribution >= 4 is 24.9 Å². The lowest BCUT2D eigenvalue weighted by atomic mass is 10.1. The molecule has 4 atom stereocenters. The zero-order chi connectivity index (χ0) is 19.3. The molecular formula is C10H10N5O11P. The lowest BCUT2D eigenvalue weighted by Crippen LogP contribution is -2.52. The van der Waals surface area contributed by atoms with Gasteiger partial charge in [-0.2, -0.15) is 4.98 Å². The summed E-state index contributed by atoms with van der Waals surface area (Å²) in [6.07, 6.45) is -5.42. The van der Waals surface area contributed by atoms with Crippen LogP contribution >= 0.6 is 7.82 Å². The van der Waals surface area contributed by atoms with Crippen molar-refractivity contribution in [3.05, 3.63) is 20.8 Å². The Kier molecular flexibility index (Phi) is 3.08. The van der Waals surface area contributed by atoms with Gasteiger partial charge in [0.1, 0.15) is 12.2 Å². The maximum absolute atomic E-state index is 12.5. The van der Waals surface area contributed by atoms with Gasteiger partial charge >= 0.3 is 25.0 Å². The van der Waals surface area contributed by atoms with Gasteiger partial charge in [0.2, 0.25) is 0 Å². The van der Waals surface area contributed by atoms with Crippen molar-refractivity contribution in [2.45, 2.75) is 24.2 Å². The highest BCUT2D eigenvalue weighted by Crippen LogP contribution is 2.65. The Morgan fingerprint density at radius 2 is 2.00 bits per heavy atom. The highest BCUT2D eigenvalue weighted by molar-refractivity contribution is 7.49. The number of phosphoric acid groups is 1. The fraction of sp³-hybridized carbons (Fsp3) is 0.500. The number of rotatable bonds is 1. The third kappa shape index (κ3) is 1.90. The van der Waals surface area contributed by atoms with E-state index in [4.69, 9.17) is 18.5 Å². The van der Waals surface area contributed by atoms with Crippen LogP contribution in [-0.4, -0.2) is 64.7 Å². The normalized spacial score (nSPS) is 37.4. The van der Waals surface area contributed by atoms with E-state index in [-0.39, 0.29) is 4.73 Å². The number of aromatic nitrogens is 4. The third-order valence-electron chi connectivity index (χ3n) is 4.32. The van der Waals surface area contributed by atoms with Crippen LogP contribution in [0.15, 0.2) is 9.59 Å². The summed E-state index contributed by atoms with van der Waals surface area (Å²) in [6, 6.07) is 0. The van der Waals surface area contributed by atoms with Gasteiger partial charge in [-0.25, -0.2) is 18.5 Å². The monoisotopic (exact) mass is 407 g/mol. The van der Waals surface area contributed by atoms with Crippen LogP contribution in [0.1, 0.15) is 0 Å². The van der Waals surface area contributed by atoms with E-state index in [1.165, 1.54) is 0 Å². The second-order valence-electron chi connectivity index (χ2n) is 5.86. The molecule has 2 saturated heterocycles. The average molecular weight is 407 g/mol. The lowest BCUT2D eigenvalue weighted by Gasteiger charge is -2.38. The Hall–Kier alpha value is -2.30. The summed E-state index contributed by atoms with van der Waals surface area (Å²) >= 11 is 0. The number of ether oxygens (including phenoxy) is 1. The standard InChI is InChI=1S/C10H10N5O11P/c16-1-2-4(17)5(18)10(23-2)13-7-3(11-9(13)20)6(19)12-8(14(7)21)15-25-27(22,24-10)26-15/h2,4-5,16-18,21H,1H2,(H,11,20). The molecule has 27 heavy (non-hydrogen) atoms. The van der Waals surface area contributed by atoms with E-state index < -0.39 is 67.0 Å². The van der Waals surface area contributed by atoms with Gasteiger partial charge in [-0.15, -0.1) is 14.0 Å². The number of aliphatic hydroxyl groups excluding tert-OH is 3. The van der Waals surface area contributed by atoms with Gasteiger partial charge in [0.25, 0.3) is 5.95 Å². The zero-order valence-electron chi connectivity index (χ0n) is 12.8. The van der Waals surface area contributed by atoms with E-state index in [0.29, 0.717) is 9.79 Å². The van der Waals surface area contributed by atoms with Crippen LogP contribution in [0.5, 0.6) is 0 Å². The number of H-pyrrole nitrogens is 1. The summed E-state index contributed by atoms with van der Waals surface area (Å²) in [5.74, 6) is -3.50. The molecule has 4 unspecified atom stereocenters. The Morgan fingerprint density at radius 1 is 1.30 bits per heavy atom. The van der Waals surface area contributed by atoms with Crippen molar-refractivity contribution in [1.29, 1.82) is 0 Å². The molecule has 4 bridgehead atoms. The van der Waals surface area contributed by atoms with Gasteiger partial charge < -0.3 is 25.3 Å². The van der Waals surface area contributed by atoms with Gasteiger partial charge in [-0.3, -0.25) is 9.78 Å². The fourth-order valence-corrected chi connectivity index (χ4v) is 4.29. The first kappa shape index (κ1) is 16.8. The number of hydrogen-bond donors (Lipinski definition) is 5. The van der Waals surface area contributed by atoms with E-state index in [2.05, 4.69) is 9.97 Å². The Labute approximate surface area is 145 Å². The van der Waals surface area contributed by atoms with Gasteiger partial charge in [-0.1, -0.05) is 5.23 Å². The maximum atomic E-state index is 12.5. The molecule has 0 amide bonds. The molecular weight excluding hydrogens is 397 g/mol. The first-order chi connectivity index (χ1) is 12.7. The van der Waals surface area contributed by atoms with E-state index >= 15 is 0 Å². The Balaban J connectivity index is 1.92. The van der Waals surface area contributed by atoms with Crippen LogP contribution in [0, 0.1) is 0 Å². The van der Waals surface area contributed by atoms with Crippen molar-refractivity contribution in [3.8, 4) is 0 Å². The highest BCUT2D eigenvalue weighted by atomic mass is 31.2. The number of hydrogen-bond acceptors (Lipinski definition) is 13. The number of imidazole rings is 1. The minimum Gasteiger partial charge on any atom is -0.423 e. The first-order valence-electron chi connectivity index (χ1n) is 7.33. The Bertz CT molecular complexity index is 1130. The highest BCUT2D eigenvalue weighted by Gasteiger charge is 2.66. The quantitative estimate of drug-likeness (QED) is 0.231. The third-order valence-corrected chi connectivity index (χ3v) is 5.50. The van der Waals surface area contributed by atoms with Gasteiger partial charge in [0, 0.05) is 0 Å². The van der Waals surface area contributed by atoms with Crippen molar-refractivity contribution in [2.24, 2.45) is 0 Å². The molecule has 0 aliphatic carbocycles. The number of nitrogens with zero attached hydrogens (tertiary/aromatic N) is 4. The molecule has 4 aliphatic heterocycles. The van der Waals surface area contributed by atoms with Crippen LogP contribution in [0.25, 0.3) is 11.2 Å². The Morgan fingerprint density at radius 3 is 2.63 bits per heavy atom. The molecule has 0 radical (unpaired) electrons. The molecule has 2 aromatic heterocycles. The van der Waals surface area contributed by atoms with Crippen molar-refractivity contribution in [3.63, 3.8) is 0 Å². The topological polar surface area (TPSA) is 211 Å². The number of aromatic amines is 1. The van der Waals surface area contributed by atoms with Crippen LogP contribution in [0.4, 0.5) is 5.95 Å². The van der Waals surface area contributed by atoms with Crippen LogP contribution in [0.2, 0.25) is 0 Å². The molecule has 6 rings (SSSR count). The van der Waals surface area contributed by atoms with E-state index in [9.17, 15) is 34.7 Å². The molecule has 1 spiro atoms. The second kappa shape index (κ2) is 4.94. The van der Waals surface area contributed by atoms with Gasteiger partial charge in [0.15, 0.2) is 17.3 Å². The minimum atomic E-state index is -4.54. The molecule has 17 heteroatoms. The largest absolute Gasteiger partial charge is 0.526 e. The molecule has 0 aromatic carbocycles. The van der Waals surface area contributed by atoms with Crippen LogP contribution in [0.3, 0.4) is 0 Å². The first-order valence-corrected chi connectivity index (χ1v) is 8.79. The summed E-state index contributed by atoms with van der Waals surface area (Å²) in [5.41, 5.74) is -3.34. The van der Waals surface area contributed by atoms with E-state index in [1.54, 1.807) is 0 Å². The number of aliphatic hydroxyl groups is 3. The predicted octanol–water partition coefficient (Wildman–Crippen LogP) is -3.33. The smallest absolute Gasteiger partial charge is 0.423 e. The molecule has 4 aliphatic rings. The molecule has 146 valence electrons. The number of anilines is 1.